The first-order valence-corrected chi connectivity index (χ1v) is 10.7. The third-order valence-electron chi connectivity index (χ3n) is 5.17. The third kappa shape index (κ3) is 11.6. The number of hydrogen-bond acceptors (Lipinski definition) is 10. The number of nitrogens with zero attached hydrogens (tertiary/aromatic N) is 3. The molecule has 170 valence electrons. The Morgan fingerprint density at radius 3 is 1.39 bits per heavy atom. The van der Waals surface area contributed by atoms with Gasteiger partial charge in [-0.15, -0.1) is 0 Å². The maximum atomic E-state index is 5.92. The Morgan fingerprint density at radius 1 is 0.571 bits per heavy atom. The van der Waals surface area contributed by atoms with Crippen LogP contribution in [0.2, 0.25) is 0 Å². The van der Waals surface area contributed by atoms with Gasteiger partial charge in [0.2, 0.25) is 0 Å². The summed E-state index contributed by atoms with van der Waals surface area (Å²) in [5, 5.41) is 2.32. The average molecular weight is 405 g/mol. The standard InChI is InChI=1S/C18H48N10/c1-18(2-4-19,3-5-20)28(17-16-27(13-8-23)14-9-24)25-10-15-26(11-6-21)12-7-22/h25H,2-17,19-24H2,1H3. The van der Waals surface area contributed by atoms with Gasteiger partial charge in [-0.25, -0.2) is 5.01 Å². The van der Waals surface area contributed by atoms with Gasteiger partial charge in [-0.3, -0.25) is 15.2 Å². The fourth-order valence-corrected chi connectivity index (χ4v) is 3.54. The predicted octanol–water partition coefficient (Wildman–Crippen LogP) is -3.31. The minimum atomic E-state index is -0.104. The molecule has 0 rings (SSSR count). The summed E-state index contributed by atoms with van der Waals surface area (Å²) in [6.45, 7) is 12.8. The van der Waals surface area contributed by atoms with Crippen molar-refractivity contribution in [3.8, 4) is 0 Å². The van der Waals surface area contributed by atoms with E-state index in [1.54, 1.807) is 0 Å². The average Bonchev–Trinajstić information content (AvgIpc) is 2.65. The fraction of sp³-hybridized carbons (Fsp3) is 1.00. The molecular formula is C18H48N10. The SMILES string of the molecule is CC(CCN)(CCN)N(CCN(CCN)CCN)NCCN(CCN)CCN. The molecule has 13 N–H and O–H groups in total. The van der Waals surface area contributed by atoms with Crippen LogP contribution in [-0.4, -0.2) is 112 Å². The van der Waals surface area contributed by atoms with Crippen LogP contribution in [0.3, 0.4) is 0 Å². The first-order chi connectivity index (χ1) is 13.5. The van der Waals surface area contributed by atoms with Gasteiger partial charge in [0, 0.05) is 84.1 Å². The van der Waals surface area contributed by atoms with Crippen LogP contribution in [0.4, 0.5) is 0 Å². The van der Waals surface area contributed by atoms with Gasteiger partial charge in [0.15, 0.2) is 0 Å². The van der Waals surface area contributed by atoms with Crippen LogP contribution in [0, 0.1) is 0 Å². The maximum absolute atomic E-state index is 5.92. The van der Waals surface area contributed by atoms with E-state index in [2.05, 4.69) is 27.2 Å². The number of hydrazine groups is 1. The number of nitrogens with one attached hydrogen (secondary N) is 1. The molecule has 0 amide bonds. The van der Waals surface area contributed by atoms with Crippen LogP contribution in [0.1, 0.15) is 19.8 Å². The minimum absolute atomic E-state index is 0.104. The quantitative estimate of drug-likeness (QED) is 0.102. The van der Waals surface area contributed by atoms with Crippen molar-refractivity contribution in [3.05, 3.63) is 0 Å². The van der Waals surface area contributed by atoms with Crippen molar-refractivity contribution >= 4 is 0 Å². The highest BCUT2D eigenvalue weighted by Crippen LogP contribution is 2.21. The van der Waals surface area contributed by atoms with Crippen LogP contribution in [0.15, 0.2) is 0 Å². The molecule has 0 atom stereocenters. The zero-order valence-corrected chi connectivity index (χ0v) is 18.1. The Morgan fingerprint density at radius 2 is 1.00 bits per heavy atom. The second-order valence-electron chi connectivity index (χ2n) is 7.47. The lowest BCUT2D eigenvalue weighted by atomic mass is 9.92. The summed E-state index contributed by atoms with van der Waals surface area (Å²) in [6, 6.07) is 0. The van der Waals surface area contributed by atoms with Crippen LogP contribution in [-0.2, 0) is 0 Å². The second-order valence-corrected chi connectivity index (χ2v) is 7.47. The van der Waals surface area contributed by atoms with E-state index >= 15 is 0 Å². The van der Waals surface area contributed by atoms with E-state index in [0.717, 1.165) is 65.2 Å². The molecule has 0 aliphatic heterocycles. The van der Waals surface area contributed by atoms with Crippen LogP contribution in [0.25, 0.3) is 0 Å². The van der Waals surface area contributed by atoms with Gasteiger partial charge in [0.25, 0.3) is 0 Å². The normalized spacial score (nSPS) is 12.6. The largest absolute Gasteiger partial charge is 0.330 e. The van der Waals surface area contributed by atoms with Crippen molar-refractivity contribution in [1.29, 1.82) is 0 Å². The molecule has 0 bridgehead atoms. The Labute approximate surface area is 172 Å². The zero-order valence-electron chi connectivity index (χ0n) is 18.1. The van der Waals surface area contributed by atoms with Gasteiger partial charge in [-0.1, -0.05) is 0 Å². The first kappa shape index (κ1) is 27.6. The maximum Gasteiger partial charge on any atom is 0.0350 e. The molecule has 10 heteroatoms. The molecule has 0 saturated heterocycles. The highest BCUT2D eigenvalue weighted by Gasteiger charge is 2.30. The summed E-state index contributed by atoms with van der Waals surface area (Å²) in [7, 11) is 0. The minimum Gasteiger partial charge on any atom is -0.330 e. The number of rotatable bonds is 20. The number of hydrogen-bond donors (Lipinski definition) is 7. The van der Waals surface area contributed by atoms with E-state index in [1.807, 2.05) is 0 Å². The summed E-state index contributed by atoms with van der Waals surface area (Å²) in [4.78, 5) is 4.58. The molecule has 0 heterocycles. The summed E-state index contributed by atoms with van der Waals surface area (Å²) in [5.41, 5.74) is 38.3. The Hall–Kier alpha value is -0.400. The molecule has 28 heavy (non-hydrogen) atoms. The van der Waals surface area contributed by atoms with Crippen molar-refractivity contribution in [2.45, 2.75) is 25.3 Å². The molecule has 0 aromatic heterocycles. The van der Waals surface area contributed by atoms with E-state index in [1.165, 1.54) is 0 Å². The van der Waals surface area contributed by atoms with Crippen molar-refractivity contribution in [2.75, 3.05) is 91.6 Å². The van der Waals surface area contributed by atoms with Gasteiger partial charge in [-0.2, -0.15) is 0 Å². The lowest BCUT2D eigenvalue weighted by molar-refractivity contribution is 0.0234. The van der Waals surface area contributed by atoms with E-state index < -0.39 is 0 Å². The summed E-state index contributed by atoms with van der Waals surface area (Å²) in [6.07, 6.45) is 1.75. The molecule has 0 unspecified atom stereocenters. The lowest BCUT2D eigenvalue weighted by Gasteiger charge is -2.43. The first-order valence-electron chi connectivity index (χ1n) is 10.7. The zero-order chi connectivity index (χ0) is 21.3. The number of nitrogens with two attached hydrogens (primary N) is 6. The van der Waals surface area contributed by atoms with Crippen molar-refractivity contribution in [3.63, 3.8) is 0 Å². The molecule has 0 saturated carbocycles. The third-order valence-corrected chi connectivity index (χ3v) is 5.17. The summed E-state index contributed by atoms with van der Waals surface area (Å²) in [5.74, 6) is 0. The fourth-order valence-electron chi connectivity index (χ4n) is 3.54. The van der Waals surface area contributed by atoms with Crippen molar-refractivity contribution in [1.82, 2.24) is 20.2 Å². The van der Waals surface area contributed by atoms with Gasteiger partial charge in [-0.05, 0) is 32.9 Å². The van der Waals surface area contributed by atoms with Gasteiger partial charge in [0.05, 0.1) is 0 Å². The Kier molecular flexibility index (Phi) is 17.2. The van der Waals surface area contributed by atoms with E-state index in [-0.39, 0.29) is 5.54 Å². The molecule has 0 aliphatic carbocycles. The highest BCUT2D eigenvalue weighted by atomic mass is 15.5. The van der Waals surface area contributed by atoms with E-state index in [0.29, 0.717) is 39.3 Å². The van der Waals surface area contributed by atoms with Crippen LogP contribution in [0.5, 0.6) is 0 Å². The van der Waals surface area contributed by atoms with Crippen LogP contribution < -0.4 is 39.8 Å². The van der Waals surface area contributed by atoms with Crippen molar-refractivity contribution < 1.29 is 0 Å². The Balaban J connectivity index is 4.99. The van der Waals surface area contributed by atoms with E-state index in [9.17, 15) is 0 Å². The molecular weight excluding hydrogens is 356 g/mol. The molecule has 10 nitrogen and oxygen atoms in total. The molecule has 0 spiro atoms. The second kappa shape index (κ2) is 17.5. The van der Waals surface area contributed by atoms with Crippen LogP contribution >= 0.6 is 0 Å². The topological polar surface area (TPSA) is 178 Å². The molecule has 0 aromatic rings. The summed E-state index contributed by atoms with van der Waals surface area (Å²) < 4.78 is 0. The van der Waals surface area contributed by atoms with Gasteiger partial charge >= 0.3 is 0 Å². The predicted molar refractivity (Wildman–Crippen MR) is 120 cm³/mol. The van der Waals surface area contributed by atoms with E-state index in [4.69, 9.17) is 34.4 Å². The van der Waals surface area contributed by atoms with Gasteiger partial charge in [0.1, 0.15) is 0 Å². The van der Waals surface area contributed by atoms with Gasteiger partial charge < -0.3 is 34.4 Å². The summed E-state index contributed by atoms with van der Waals surface area (Å²) >= 11 is 0. The highest BCUT2D eigenvalue weighted by molar-refractivity contribution is 4.86. The Bertz CT molecular complexity index is 326. The monoisotopic (exact) mass is 404 g/mol. The molecule has 0 radical (unpaired) electrons. The van der Waals surface area contributed by atoms with Crippen molar-refractivity contribution in [2.24, 2.45) is 34.4 Å². The molecule has 0 aromatic carbocycles. The molecule has 0 aliphatic rings. The smallest absolute Gasteiger partial charge is 0.0350 e. The lowest BCUT2D eigenvalue weighted by Crippen LogP contribution is -2.59. The molecule has 0 fully saturated rings.